The van der Waals surface area contributed by atoms with Crippen molar-refractivity contribution < 1.29 is 14.6 Å². The molecular weight excluding hydrogens is 156 g/mol. The minimum atomic E-state index is -0.325. The van der Waals surface area contributed by atoms with Gasteiger partial charge in [-0.3, -0.25) is 0 Å². The quantitative estimate of drug-likeness (QED) is 0.687. The van der Waals surface area contributed by atoms with Crippen molar-refractivity contribution in [3.05, 3.63) is 0 Å². The number of aliphatic hydroxyl groups is 1. The van der Waals surface area contributed by atoms with Gasteiger partial charge in [0, 0.05) is 13.7 Å². The first-order valence-corrected chi connectivity index (χ1v) is 4.63. The van der Waals surface area contributed by atoms with E-state index >= 15 is 0 Å². The average molecular weight is 176 g/mol. The summed E-state index contributed by atoms with van der Waals surface area (Å²) in [6, 6.07) is 0. The van der Waals surface area contributed by atoms with Gasteiger partial charge < -0.3 is 14.6 Å². The van der Waals surface area contributed by atoms with Crippen LogP contribution in [0.2, 0.25) is 0 Å². The smallest absolute Gasteiger partial charge is 0.107 e. The summed E-state index contributed by atoms with van der Waals surface area (Å²) >= 11 is 0. The SMILES string of the molecule is CC.COCC1OCCCC1O. The molecule has 1 saturated heterocycles. The molecular formula is C9H20O3. The summed E-state index contributed by atoms with van der Waals surface area (Å²) in [7, 11) is 1.62. The number of methoxy groups -OCH3 is 1. The van der Waals surface area contributed by atoms with E-state index in [-0.39, 0.29) is 12.2 Å². The average Bonchev–Trinajstić information content (AvgIpc) is 2.13. The third-order valence-electron chi connectivity index (χ3n) is 1.74. The second-order valence-corrected chi connectivity index (χ2v) is 2.57. The van der Waals surface area contributed by atoms with Crippen LogP contribution in [-0.4, -0.2) is 37.6 Å². The standard InChI is InChI=1S/C7H14O3.C2H6/c1-9-5-7-6(8)3-2-4-10-7;1-2/h6-8H,2-5H2,1H3;1-2H3. The fourth-order valence-electron chi connectivity index (χ4n) is 1.15. The summed E-state index contributed by atoms with van der Waals surface area (Å²) in [5, 5.41) is 9.30. The number of aliphatic hydroxyl groups excluding tert-OH is 1. The fraction of sp³-hybridized carbons (Fsp3) is 1.00. The van der Waals surface area contributed by atoms with E-state index in [0.29, 0.717) is 6.61 Å². The van der Waals surface area contributed by atoms with Gasteiger partial charge in [-0.25, -0.2) is 0 Å². The molecule has 1 aliphatic heterocycles. The lowest BCUT2D eigenvalue weighted by molar-refractivity contribution is -0.101. The molecule has 0 radical (unpaired) electrons. The first kappa shape index (κ1) is 11.9. The Balaban J connectivity index is 0.000000561. The number of rotatable bonds is 2. The molecule has 1 rings (SSSR count). The van der Waals surface area contributed by atoms with Crippen molar-refractivity contribution in [1.82, 2.24) is 0 Å². The molecule has 3 heteroatoms. The number of ether oxygens (including phenoxy) is 2. The molecule has 0 bridgehead atoms. The minimum absolute atomic E-state index is 0.0984. The summed E-state index contributed by atoms with van der Waals surface area (Å²) < 4.78 is 10.1. The van der Waals surface area contributed by atoms with Crippen LogP contribution in [-0.2, 0) is 9.47 Å². The lowest BCUT2D eigenvalue weighted by Crippen LogP contribution is -2.37. The topological polar surface area (TPSA) is 38.7 Å². The monoisotopic (exact) mass is 176 g/mol. The highest BCUT2D eigenvalue weighted by molar-refractivity contribution is 4.72. The molecule has 0 aromatic heterocycles. The Labute approximate surface area is 74.7 Å². The van der Waals surface area contributed by atoms with Crippen molar-refractivity contribution in [3.63, 3.8) is 0 Å². The maximum atomic E-state index is 9.30. The molecule has 3 nitrogen and oxygen atoms in total. The van der Waals surface area contributed by atoms with Gasteiger partial charge in [0.1, 0.15) is 6.10 Å². The van der Waals surface area contributed by atoms with Crippen LogP contribution in [0.1, 0.15) is 26.7 Å². The maximum Gasteiger partial charge on any atom is 0.107 e. The zero-order valence-corrected chi connectivity index (χ0v) is 8.25. The van der Waals surface area contributed by atoms with Crippen molar-refractivity contribution in [2.24, 2.45) is 0 Å². The highest BCUT2D eigenvalue weighted by atomic mass is 16.5. The van der Waals surface area contributed by atoms with Crippen LogP contribution in [0.25, 0.3) is 0 Å². The largest absolute Gasteiger partial charge is 0.390 e. The van der Waals surface area contributed by atoms with Crippen molar-refractivity contribution >= 4 is 0 Å². The van der Waals surface area contributed by atoms with E-state index < -0.39 is 0 Å². The predicted molar refractivity (Wildman–Crippen MR) is 48.2 cm³/mol. The van der Waals surface area contributed by atoms with E-state index in [2.05, 4.69) is 0 Å². The Hall–Kier alpha value is -0.120. The molecule has 1 heterocycles. The predicted octanol–water partition coefficient (Wildman–Crippen LogP) is 1.20. The first-order chi connectivity index (χ1) is 5.84. The van der Waals surface area contributed by atoms with E-state index in [1.165, 1.54) is 0 Å². The van der Waals surface area contributed by atoms with Gasteiger partial charge >= 0.3 is 0 Å². The van der Waals surface area contributed by atoms with Gasteiger partial charge in [-0.2, -0.15) is 0 Å². The molecule has 0 aliphatic carbocycles. The van der Waals surface area contributed by atoms with E-state index in [0.717, 1.165) is 19.4 Å². The highest BCUT2D eigenvalue weighted by Crippen LogP contribution is 2.13. The molecule has 0 amide bonds. The van der Waals surface area contributed by atoms with Gasteiger partial charge in [0.2, 0.25) is 0 Å². The summed E-state index contributed by atoms with van der Waals surface area (Å²) in [6.45, 7) is 5.26. The molecule has 0 spiro atoms. The maximum absolute atomic E-state index is 9.30. The zero-order chi connectivity index (χ0) is 9.40. The molecule has 2 atom stereocenters. The Kier molecular flexibility index (Phi) is 7.45. The molecule has 0 aromatic rings. The second-order valence-electron chi connectivity index (χ2n) is 2.57. The molecule has 1 N–H and O–H groups in total. The van der Waals surface area contributed by atoms with Gasteiger partial charge in [-0.1, -0.05) is 13.8 Å². The van der Waals surface area contributed by atoms with Crippen LogP contribution in [0.15, 0.2) is 0 Å². The summed E-state index contributed by atoms with van der Waals surface area (Å²) in [5.74, 6) is 0. The van der Waals surface area contributed by atoms with Crippen molar-refractivity contribution in [3.8, 4) is 0 Å². The van der Waals surface area contributed by atoms with Crippen LogP contribution in [0.4, 0.5) is 0 Å². The lowest BCUT2D eigenvalue weighted by Gasteiger charge is -2.27. The van der Waals surface area contributed by atoms with Crippen LogP contribution >= 0.6 is 0 Å². The molecule has 1 fully saturated rings. The van der Waals surface area contributed by atoms with Crippen molar-refractivity contribution in [2.45, 2.75) is 38.9 Å². The van der Waals surface area contributed by atoms with Gasteiger partial charge in [-0.05, 0) is 12.8 Å². The van der Waals surface area contributed by atoms with E-state index in [9.17, 15) is 5.11 Å². The minimum Gasteiger partial charge on any atom is -0.390 e. The number of hydrogen-bond acceptors (Lipinski definition) is 3. The Morgan fingerprint density at radius 1 is 1.50 bits per heavy atom. The van der Waals surface area contributed by atoms with Gasteiger partial charge in [0.15, 0.2) is 0 Å². The van der Waals surface area contributed by atoms with E-state index in [1.807, 2.05) is 13.8 Å². The second kappa shape index (κ2) is 7.53. The third kappa shape index (κ3) is 4.04. The van der Waals surface area contributed by atoms with Crippen LogP contribution in [0, 0.1) is 0 Å². The van der Waals surface area contributed by atoms with Gasteiger partial charge in [0.25, 0.3) is 0 Å². The molecule has 2 unspecified atom stereocenters. The van der Waals surface area contributed by atoms with Crippen LogP contribution in [0.3, 0.4) is 0 Å². The Morgan fingerprint density at radius 2 is 2.17 bits per heavy atom. The Bertz CT molecular complexity index is 93.8. The summed E-state index contributed by atoms with van der Waals surface area (Å²) in [5.41, 5.74) is 0. The fourth-order valence-corrected chi connectivity index (χ4v) is 1.15. The zero-order valence-electron chi connectivity index (χ0n) is 8.25. The molecule has 12 heavy (non-hydrogen) atoms. The number of hydrogen-bond donors (Lipinski definition) is 1. The molecule has 0 aromatic carbocycles. The van der Waals surface area contributed by atoms with E-state index in [1.54, 1.807) is 7.11 Å². The van der Waals surface area contributed by atoms with Crippen LogP contribution < -0.4 is 0 Å². The molecule has 74 valence electrons. The first-order valence-electron chi connectivity index (χ1n) is 4.63. The van der Waals surface area contributed by atoms with Crippen LogP contribution in [0.5, 0.6) is 0 Å². The van der Waals surface area contributed by atoms with Gasteiger partial charge in [0.05, 0.1) is 12.7 Å². The van der Waals surface area contributed by atoms with Crippen molar-refractivity contribution in [2.75, 3.05) is 20.3 Å². The summed E-state index contributed by atoms with van der Waals surface area (Å²) in [4.78, 5) is 0. The van der Waals surface area contributed by atoms with Gasteiger partial charge in [-0.15, -0.1) is 0 Å². The highest BCUT2D eigenvalue weighted by Gasteiger charge is 2.23. The summed E-state index contributed by atoms with van der Waals surface area (Å²) in [6.07, 6.45) is 1.38. The molecule has 1 aliphatic rings. The van der Waals surface area contributed by atoms with E-state index in [4.69, 9.17) is 9.47 Å². The molecule has 0 saturated carbocycles. The third-order valence-corrected chi connectivity index (χ3v) is 1.74. The Morgan fingerprint density at radius 3 is 2.67 bits per heavy atom. The van der Waals surface area contributed by atoms with Crippen molar-refractivity contribution in [1.29, 1.82) is 0 Å². The lowest BCUT2D eigenvalue weighted by atomic mass is 10.1. The normalized spacial score (nSPS) is 29.0.